The van der Waals surface area contributed by atoms with Crippen molar-refractivity contribution >= 4 is 11.8 Å². The molecule has 0 bridgehead atoms. The fraction of sp³-hybridized carbons (Fsp3) is 0.524. The van der Waals surface area contributed by atoms with Crippen molar-refractivity contribution in [2.24, 2.45) is 0 Å². The summed E-state index contributed by atoms with van der Waals surface area (Å²) < 4.78 is 10.5. The zero-order valence-electron chi connectivity index (χ0n) is 16.1. The van der Waals surface area contributed by atoms with Gasteiger partial charge in [-0.3, -0.25) is 9.59 Å². The molecular weight excluding hydrogens is 344 g/mol. The van der Waals surface area contributed by atoms with Crippen LogP contribution in [-0.4, -0.2) is 50.1 Å². The molecule has 0 radical (unpaired) electrons. The van der Waals surface area contributed by atoms with Gasteiger partial charge in [-0.25, -0.2) is 0 Å². The lowest BCUT2D eigenvalue weighted by Crippen LogP contribution is -2.46. The molecule has 6 heteroatoms. The van der Waals surface area contributed by atoms with E-state index in [9.17, 15) is 9.59 Å². The third-order valence-electron chi connectivity index (χ3n) is 5.34. The summed E-state index contributed by atoms with van der Waals surface area (Å²) in [5.41, 5.74) is 1.84. The number of amides is 2. The van der Waals surface area contributed by atoms with Gasteiger partial charge < -0.3 is 19.7 Å². The molecule has 0 aromatic heterocycles. The van der Waals surface area contributed by atoms with Crippen molar-refractivity contribution in [2.75, 3.05) is 27.3 Å². The second kappa shape index (κ2) is 8.93. The summed E-state index contributed by atoms with van der Waals surface area (Å²) in [7, 11) is 3.13. The Morgan fingerprint density at radius 3 is 2.37 bits per heavy atom. The van der Waals surface area contributed by atoms with Gasteiger partial charge in [-0.2, -0.15) is 0 Å². The van der Waals surface area contributed by atoms with Crippen LogP contribution in [0.3, 0.4) is 0 Å². The Morgan fingerprint density at radius 1 is 1.07 bits per heavy atom. The van der Waals surface area contributed by atoms with Gasteiger partial charge >= 0.3 is 0 Å². The van der Waals surface area contributed by atoms with Crippen molar-refractivity contribution in [3.8, 4) is 11.5 Å². The second-order valence-electron chi connectivity index (χ2n) is 7.15. The third-order valence-corrected chi connectivity index (χ3v) is 5.34. The van der Waals surface area contributed by atoms with Gasteiger partial charge in [0.25, 0.3) is 5.91 Å². The van der Waals surface area contributed by atoms with Gasteiger partial charge in [-0.1, -0.05) is 5.57 Å². The number of hydrogen-bond acceptors (Lipinski definition) is 4. The first-order valence-electron chi connectivity index (χ1n) is 9.62. The predicted octanol–water partition coefficient (Wildman–Crippen LogP) is 2.93. The molecular formula is C21H28N2O4. The Morgan fingerprint density at radius 2 is 1.74 bits per heavy atom. The number of carbonyl (C=O) groups is 2. The van der Waals surface area contributed by atoms with Crippen LogP contribution < -0.4 is 14.8 Å². The average Bonchev–Trinajstić information content (AvgIpc) is 3.20. The summed E-state index contributed by atoms with van der Waals surface area (Å²) in [5, 5.41) is 3.09. The van der Waals surface area contributed by atoms with Crippen molar-refractivity contribution in [1.82, 2.24) is 10.2 Å². The van der Waals surface area contributed by atoms with Crippen LogP contribution in [0.15, 0.2) is 29.8 Å². The zero-order valence-corrected chi connectivity index (χ0v) is 16.1. The van der Waals surface area contributed by atoms with E-state index in [4.69, 9.17) is 9.47 Å². The molecule has 1 aromatic carbocycles. The van der Waals surface area contributed by atoms with Crippen LogP contribution in [0.4, 0.5) is 0 Å². The lowest BCUT2D eigenvalue weighted by molar-refractivity contribution is -0.117. The molecule has 1 saturated carbocycles. The largest absolute Gasteiger partial charge is 0.493 e. The van der Waals surface area contributed by atoms with Crippen molar-refractivity contribution < 1.29 is 19.1 Å². The van der Waals surface area contributed by atoms with Gasteiger partial charge in [0.2, 0.25) is 5.91 Å². The number of benzene rings is 1. The second-order valence-corrected chi connectivity index (χ2v) is 7.15. The summed E-state index contributed by atoms with van der Waals surface area (Å²) in [6, 6.07) is 5.34. The van der Waals surface area contributed by atoms with Gasteiger partial charge in [0.1, 0.15) is 0 Å². The van der Waals surface area contributed by atoms with E-state index in [0.717, 1.165) is 25.7 Å². The van der Waals surface area contributed by atoms with Crippen LogP contribution >= 0.6 is 0 Å². The minimum atomic E-state index is -0.0196. The molecule has 146 valence electrons. The summed E-state index contributed by atoms with van der Waals surface area (Å²) in [4.78, 5) is 26.7. The predicted molar refractivity (Wildman–Crippen MR) is 103 cm³/mol. The van der Waals surface area contributed by atoms with Gasteiger partial charge in [-0.05, 0) is 56.7 Å². The van der Waals surface area contributed by atoms with E-state index < -0.39 is 0 Å². The number of hydrogen-bond donors (Lipinski definition) is 1. The van der Waals surface area contributed by atoms with E-state index >= 15 is 0 Å². The Kier molecular flexibility index (Phi) is 6.37. The molecule has 0 atom stereocenters. The molecule has 2 aliphatic rings. The number of methoxy groups -OCH3 is 2. The van der Waals surface area contributed by atoms with Crippen LogP contribution in [0.25, 0.3) is 0 Å². The summed E-state index contributed by atoms with van der Waals surface area (Å²) >= 11 is 0. The molecule has 1 aliphatic carbocycles. The molecule has 1 N–H and O–H groups in total. The highest BCUT2D eigenvalue weighted by Crippen LogP contribution is 2.28. The summed E-state index contributed by atoms with van der Waals surface area (Å²) in [6.45, 7) is 1.27. The smallest absolute Gasteiger partial charge is 0.253 e. The van der Waals surface area contributed by atoms with E-state index in [0.29, 0.717) is 30.2 Å². The topological polar surface area (TPSA) is 67.9 Å². The highest BCUT2D eigenvalue weighted by Gasteiger charge is 2.25. The fourth-order valence-corrected chi connectivity index (χ4v) is 3.78. The first kappa shape index (κ1) is 19.3. The molecule has 0 spiro atoms. The highest BCUT2D eigenvalue weighted by atomic mass is 16.5. The average molecular weight is 372 g/mol. The first-order valence-corrected chi connectivity index (χ1v) is 9.62. The minimum absolute atomic E-state index is 0.0107. The molecule has 27 heavy (non-hydrogen) atoms. The van der Waals surface area contributed by atoms with Gasteiger partial charge in [0.05, 0.1) is 14.2 Å². The third kappa shape index (κ3) is 4.81. The normalized spacial score (nSPS) is 17.6. The van der Waals surface area contributed by atoms with Crippen molar-refractivity contribution in [3.63, 3.8) is 0 Å². The molecule has 2 amide bonds. The standard InChI is InChI=1S/C21H28N2O4/c1-26-18-8-7-16(14-19(18)27-2)21(25)23-11-9-17(10-12-23)22-20(24)13-15-5-3-4-6-15/h7-8,13-14,17H,3-6,9-12H2,1-2H3,(H,22,24). The lowest BCUT2D eigenvalue weighted by Gasteiger charge is -2.32. The molecule has 3 rings (SSSR count). The van der Waals surface area contributed by atoms with Crippen molar-refractivity contribution in [2.45, 2.75) is 44.6 Å². The van der Waals surface area contributed by atoms with E-state index in [1.165, 1.54) is 18.4 Å². The van der Waals surface area contributed by atoms with E-state index in [2.05, 4.69) is 5.32 Å². The fourth-order valence-electron chi connectivity index (χ4n) is 3.78. The van der Waals surface area contributed by atoms with Crippen LogP contribution in [0.5, 0.6) is 11.5 Å². The number of nitrogens with zero attached hydrogens (tertiary/aromatic N) is 1. The van der Waals surface area contributed by atoms with Crippen LogP contribution in [0, 0.1) is 0 Å². The first-order chi connectivity index (χ1) is 13.1. The van der Waals surface area contributed by atoms with E-state index in [-0.39, 0.29) is 17.9 Å². The number of likely N-dealkylation sites (tertiary alicyclic amines) is 1. The molecule has 1 heterocycles. The molecule has 1 aromatic rings. The van der Waals surface area contributed by atoms with E-state index in [1.54, 1.807) is 38.5 Å². The number of carbonyl (C=O) groups excluding carboxylic acids is 2. The molecule has 1 aliphatic heterocycles. The highest BCUT2D eigenvalue weighted by molar-refractivity contribution is 5.95. The molecule has 6 nitrogen and oxygen atoms in total. The zero-order chi connectivity index (χ0) is 19.2. The lowest BCUT2D eigenvalue weighted by atomic mass is 10.0. The number of rotatable bonds is 5. The monoisotopic (exact) mass is 372 g/mol. The van der Waals surface area contributed by atoms with Gasteiger partial charge in [0, 0.05) is 30.8 Å². The molecule has 0 unspecified atom stereocenters. The maximum atomic E-state index is 12.8. The number of ether oxygens (including phenoxy) is 2. The van der Waals surface area contributed by atoms with Gasteiger partial charge in [-0.15, -0.1) is 0 Å². The van der Waals surface area contributed by atoms with Crippen LogP contribution in [0.2, 0.25) is 0 Å². The number of nitrogens with one attached hydrogen (secondary N) is 1. The quantitative estimate of drug-likeness (QED) is 0.807. The van der Waals surface area contributed by atoms with Crippen LogP contribution in [-0.2, 0) is 4.79 Å². The van der Waals surface area contributed by atoms with E-state index in [1.807, 2.05) is 4.90 Å². The Labute approximate surface area is 160 Å². The maximum absolute atomic E-state index is 12.8. The van der Waals surface area contributed by atoms with Crippen molar-refractivity contribution in [1.29, 1.82) is 0 Å². The molecule has 2 fully saturated rings. The molecule has 1 saturated heterocycles. The van der Waals surface area contributed by atoms with Crippen molar-refractivity contribution in [3.05, 3.63) is 35.4 Å². The SMILES string of the molecule is COc1ccc(C(=O)N2CCC(NC(=O)C=C3CCCC3)CC2)cc1OC. The Balaban J connectivity index is 1.53. The number of piperidine rings is 1. The minimum Gasteiger partial charge on any atom is -0.493 e. The Hall–Kier alpha value is -2.50. The summed E-state index contributed by atoms with van der Waals surface area (Å²) in [6.07, 6.45) is 7.79. The van der Waals surface area contributed by atoms with Crippen LogP contribution in [0.1, 0.15) is 48.9 Å². The number of allylic oxidation sites excluding steroid dienone is 1. The Bertz CT molecular complexity index is 713. The maximum Gasteiger partial charge on any atom is 0.253 e. The van der Waals surface area contributed by atoms with Gasteiger partial charge in [0.15, 0.2) is 11.5 Å². The summed E-state index contributed by atoms with van der Waals surface area (Å²) in [5.74, 6) is 1.14.